The molecule has 1 aromatic heterocycles. The Morgan fingerprint density at radius 3 is 2.74 bits per heavy atom. The number of furan rings is 1. The Hall–Kier alpha value is -0.360. The van der Waals surface area contributed by atoms with E-state index in [0.717, 1.165) is 38.0 Å². The summed E-state index contributed by atoms with van der Waals surface area (Å²) < 4.78 is 19.8. The Kier molecular flexibility index (Phi) is 3.98. The third-order valence-corrected chi connectivity index (χ3v) is 6.48. The molecule has 2 nitrogen and oxygen atoms in total. The van der Waals surface area contributed by atoms with Gasteiger partial charge >= 0.3 is 0 Å². The van der Waals surface area contributed by atoms with Gasteiger partial charge in [-0.2, -0.15) is 0 Å². The van der Waals surface area contributed by atoms with Gasteiger partial charge in [0.1, 0.15) is 11.3 Å². The lowest BCUT2D eigenvalue weighted by molar-refractivity contribution is 0.503. The molecular formula is C15H17IO2S. The van der Waals surface area contributed by atoms with Gasteiger partial charge in [0, 0.05) is 14.2 Å². The summed E-state index contributed by atoms with van der Waals surface area (Å²) in [6.07, 6.45) is 5.88. The highest BCUT2D eigenvalue weighted by Gasteiger charge is 2.26. The average molecular weight is 388 g/mol. The molecule has 1 aliphatic carbocycles. The van der Waals surface area contributed by atoms with Crippen molar-refractivity contribution in [2.75, 3.05) is 0 Å². The van der Waals surface area contributed by atoms with Gasteiger partial charge in [-0.15, -0.1) is 0 Å². The van der Waals surface area contributed by atoms with Crippen molar-refractivity contribution in [3.63, 3.8) is 0 Å². The van der Waals surface area contributed by atoms with Gasteiger partial charge < -0.3 is 4.42 Å². The van der Waals surface area contributed by atoms with Gasteiger partial charge in [-0.1, -0.05) is 19.3 Å². The van der Waals surface area contributed by atoms with Crippen LogP contribution in [0.2, 0.25) is 0 Å². The highest BCUT2D eigenvalue weighted by Crippen LogP contribution is 2.34. The predicted molar refractivity (Wildman–Crippen MR) is 86.9 cm³/mol. The van der Waals surface area contributed by atoms with Gasteiger partial charge in [-0.3, -0.25) is 4.21 Å². The summed E-state index contributed by atoms with van der Waals surface area (Å²) in [7, 11) is -0.930. The predicted octanol–water partition coefficient (Wildman–Crippen LogP) is 4.79. The second kappa shape index (κ2) is 5.56. The maximum absolute atomic E-state index is 12.9. The largest absolute Gasteiger partial charge is 0.460 e. The molecule has 0 aliphatic heterocycles. The number of hydrogen-bond acceptors (Lipinski definition) is 2. The van der Waals surface area contributed by atoms with Crippen molar-refractivity contribution in [3.8, 4) is 0 Å². The lowest BCUT2D eigenvalue weighted by Crippen LogP contribution is -2.19. The van der Waals surface area contributed by atoms with Crippen molar-refractivity contribution in [1.29, 1.82) is 0 Å². The highest BCUT2D eigenvalue weighted by atomic mass is 127. The first-order valence-corrected chi connectivity index (χ1v) is 9.05. The Labute approximate surface area is 129 Å². The third kappa shape index (κ3) is 2.61. The van der Waals surface area contributed by atoms with E-state index in [1.165, 1.54) is 19.3 Å². The fourth-order valence-electron chi connectivity index (χ4n) is 2.87. The van der Waals surface area contributed by atoms with Crippen LogP contribution in [0, 0.1) is 10.5 Å². The summed E-state index contributed by atoms with van der Waals surface area (Å²) in [5, 5.41) is 1.35. The average Bonchev–Trinajstić information content (AvgIpc) is 2.74. The van der Waals surface area contributed by atoms with E-state index in [0.29, 0.717) is 5.25 Å². The van der Waals surface area contributed by atoms with Crippen molar-refractivity contribution >= 4 is 44.4 Å². The zero-order valence-electron chi connectivity index (χ0n) is 10.9. The first-order valence-electron chi connectivity index (χ1n) is 6.76. The Morgan fingerprint density at radius 2 is 2.00 bits per heavy atom. The smallest absolute Gasteiger partial charge is 0.135 e. The molecule has 2 aromatic rings. The minimum atomic E-state index is -0.930. The zero-order valence-corrected chi connectivity index (χ0v) is 13.9. The number of halogens is 1. The lowest BCUT2D eigenvalue weighted by atomic mass is 10.0. The van der Waals surface area contributed by atoms with E-state index in [2.05, 4.69) is 28.7 Å². The van der Waals surface area contributed by atoms with Crippen molar-refractivity contribution in [3.05, 3.63) is 27.5 Å². The molecule has 0 radical (unpaired) electrons. The Bertz CT molecular complexity index is 626. The van der Waals surface area contributed by atoms with Gasteiger partial charge in [0.25, 0.3) is 0 Å². The second-order valence-corrected chi connectivity index (χ2v) is 8.10. The number of benzene rings is 1. The van der Waals surface area contributed by atoms with Crippen molar-refractivity contribution in [1.82, 2.24) is 0 Å². The molecule has 1 saturated carbocycles. The number of hydrogen-bond donors (Lipinski definition) is 0. The van der Waals surface area contributed by atoms with Gasteiger partial charge in [-0.05, 0) is 60.6 Å². The number of rotatable bonds is 2. The van der Waals surface area contributed by atoms with Crippen LogP contribution in [0.1, 0.15) is 37.9 Å². The van der Waals surface area contributed by atoms with E-state index in [9.17, 15) is 4.21 Å². The van der Waals surface area contributed by atoms with E-state index in [-0.39, 0.29) is 0 Å². The maximum atomic E-state index is 12.9. The third-order valence-electron chi connectivity index (χ3n) is 3.83. The topological polar surface area (TPSA) is 30.2 Å². The zero-order chi connectivity index (χ0) is 13.4. The van der Waals surface area contributed by atoms with Gasteiger partial charge in [0.05, 0.1) is 15.7 Å². The number of aryl methyl sites for hydroxylation is 1. The van der Waals surface area contributed by atoms with Crippen LogP contribution in [-0.2, 0) is 10.8 Å². The van der Waals surface area contributed by atoms with E-state index < -0.39 is 10.8 Å². The standard InChI is InChI=1S/C15H17IO2S/c1-10-15(19(17)12-5-3-2-4-6-12)13-9-11(16)7-8-14(13)18-10/h7-9,12H,2-6H2,1H3/t19-/m1/s1. The van der Waals surface area contributed by atoms with E-state index in [1.807, 2.05) is 19.1 Å². The van der Waals surface area contributed by atoms with Crippen LogP contribution in [0.5, 0.6) is 0 Å². The molecule has 102 valence electrons. The molecular weight excluding hydrogens is 371 g/mol. The molecule has 0 saturated heterocycles. The van der Waals surface area contributed by atoms with Crippen LogP contribution in [0.15, 0.2) is 27.5 Å². The molecule has 1 atom stereocenters. The summed E-state index contributed by atoms with van der Waals surface area (Å²) in [6, 6.07) is 6.09. The van der Waals surface area contributed by atoms with Crippen LogP contribution in [0.25, 0.3) is 11.0 Å². The summed E-state index contributed by atoms with van der Waals surface area (Å²) >= 11 is 2.29. The molecule has 1 fully saturated rings. The van der Waals surface area contributed by atoms with Crippen LogP contribution in [-0.4, -0.2) is 9.46 Å². The molecule has 4 heteroatoms. The molecule has 0 bridgehead atoms. The highest BCUT2D eigenvalue weighted by molar-refractivity contribution is 14.1. The van der Waals surface area contributed by atoms with E-state index >= 15 is 0 Å². The monoisotopic (exact) mass is 388 g/mol. The van der Waals surface area contributed by atoms with Gasteiger partial charge in [0.2, 0.25) is 0 Å². The SMILES string of the molecule is Cc1oc2ccc(I)cc2c1[S@](=O)C1CCCCC1. The van der Waals surface area contributed by atoms with Crippen molar-refractivity contribution < 1.29 is 8.63 Å². The van der Waals surface area contributed by atoms with Crippen LogP contribution >= 0.6 is 22.6 Å². The van der Waals surface area contributed by atoms with Gasteiger partial charge in [0.15, 0.2) is 0 Å². The summed E-state index contributed by atoms with van der Waals surface area (Å²) in [6.45, 7) is 1.93. The van der Waals surface area contributed by atoms with Gasteiger partial charge in [-0.25, -0.2) is 0 Å². The van der Waals surface area contributed by atoms with Crippen LogP contribution in [0.3, 0.4) is 0 Å². The minimum absolute atomic E-state index is 0.311. The number of fused-ring (bicyclic) bond motifs is 1. The molecule has 19 heavy (non-hydrogen) atoms. The molecule has 0 N–H and O–H groups in total. The molecule has 3 rings (SSSR count). The first kappa shape index (κ1) is 13.6. The molecule has 0 unspecified atom stereocenters. The van der Waals surface area contributed by atoms with Crippen molar-refractivity contribution in [2.24, 2.45) is 0 Å². The second-order valence-electron chi connectivity index (χ2n) is 5.19. The summed E-state index contributed by atoms with van der Waals surface area (Å²) in [5.41, 5.74) is 0.858. The minimum Gasteiger partial charge on any atom is -0.460 e. The first-order chi connectivity index (χ1) is 9.16. The van der Waals surface area contributed by atoms with E-state index in [1.54, 1.807) is 0 Å². The quantitative estimate of drug-likeness (QED) is 0.693. The normalized spacial score (nSPS) is 18.8. The summed E-state index contributed by atoms with van der Waals surface area (Å²) in [4.78, 5) is 0.931. The Morgan fingerprint density at radius 1 is 1.26 bits per heavy atom. The molecule has 1 aliphatic rings. The fraction of sp³-hybridized carbons (Fsp3) is 0.467. The molecule has 0 amide bonds. The van der Waals surface area contributed by atoms with Crippen molar-refractivity contribution in [2.45, 2.75) is 49.2 Å². The fourth-order valence-corrected chi connectivity index (χ4v) is 5.15. The van der Waals surface area contributed by atoms with E-state index in [4.69, 9.17) is 4.42 Å². The molecule has 1 aromatic carbocycles. The van der Waals surface area contributed by atoms with Crippen LogP contribution in [0.4, 0.5) is 0 Å². The van der Waals surface area contributed by atoms with Crippen LogP contribution < -0.4 is 0 Å². The maximum Gasteiger partial charge on any atom is 0.135 e. The Balaban J connectivity index is 2.05. The lowest BCUT2D eigenvalue weighted by Gasteiger charge is -2.20. The molecule has 1 heterocycles. The summed E-state index contributed by atoms with van der Waals surface area (Å²) in [5.74, 6) is 0.820. The molecule has 0 spiro atoms.